The van der Waals surface area contributed by atoms with Gasteiger partial charge < -0.3 is 14.0 Å². The molecule has 0 aliphatic rings. The van der Waals surface area contributed by atoms with Crippen molar-refractivity contribution in [1.29, 1.82) is 0 Å². The van der Waals surface area contributed by atoms with E-state index in [0.29, 0.717) is 22.7 Å². The van der Waals surface area contributed by atoms with Gasteiger partial charge in [0.15, 0.2) is 11.4 Å². The molecule has 0 radical (unpaired) electrons. The third-order valence-electron chi connectivity index (χ3n) is 3.65. The summed E-state index contributed by atoms with van der Waals surface area (Å²) < 4.78 is 13.1. The van der Waals surface area contributed by atoms with Crippen LogP contribution in [0, 0.1) is 0 Å². The highest BCUT2D eigenvalue weighted by molar-refractivity contribution is 7.16. The number of hydrogen-bond donors (Lipinski definition) is 0. The zero-order chi connectivity index (χ0) is 18.5. The molecular formula is C19H18N2O4S. The second-order valence-corrected chi connectivity index (χ2v) is 6.46. The van der Waals surface area contributed by atoms with Gasteiger partial charge in [-0.25, -0.2) is 4.79 Å². The second kappa shape index (κ2) is 7.97. The minimum atomic E-state index is -0.373. The summed E-state index contributed by atoms with van der Waals surface area (Å²) in [5.41, 5.74) is 1.37. The molecule has 0 saturated heterocycles. The van der Waals surface area contributed by atoms with Gasteiger partial charge in [-0.05, 0) is 37.3 Å². The van der Waals surface area contributed by atoms with Crippen molar-refractivity contribution in [2.24, 2.45) is 12.0 Å². The number of aryl methyl sites for hydroxylation is 1. The minimum absolute atomic E-state index is 0.133. The predicted octanol–water partition coefficient (Wildman–Crippen LogP) is 2.92. The average Bonchev–Trinajstić information content (AvgIpc) is 2.96. The molecule has 0 aliphatic heterocycles. The van der Waals surface area contributed by atoms with Gasteiger partial charge in [0.25, 0.3) is 5.91 Å². The van der Waals surface area contributed by atoms with Gasteiger partial charge >= 0.3 is 5.97 Å². The SMILES string of the molecule is CCOC(=O)c1ccc2c(c1)sc(=NC(=O)COc1ccccc1)n2C. The molecular weight excluding hydrogens is 352 g/mol. The lowest BCUT2D eigenvalue weighted by atomic mass is 10.2. The smallest absolute Gasteiger partial charge is 0.338 e. The Morgan fingerprint density at radius 3 is 2.65 bits per heavy atom. The van der Waals surface area contributed by atoms with E-state index in [1.165, 1.54) is 11.3 Å². The number of thiazole rings is 1. The fourth-order valence-corrected chi connectivity index (χ4v) is 3.46. The highest BCUT2D eigenvalue weighted by atomic mass is 32.1. The second-order valence-electron chi connectivity index (χ2n) is 5.45. The number of rotatable bonds is 5. The molecule has 7 heteroatoms. The summed E-state index contributed by atoms with van der Waals surface area (Å²) in [6, 6.07) is 14.4. The van der Waals surface area contributed by atoms with Gasteiger partial charge in [0.2, 0.25) is 0 Å². The normalized spacial score (nSPS) is 11.5. The van der Waals surface area contributed by atoms with Crippen molar-refractivity contribution in [3.8, 4) is 5.75 Å². The van der Waals surface area contributed by atoms with E-state index in [1.807, 2.05) is 35.9 Å². The summed E-state index contributed by atoms with van der Waals surface area (Å²) in [6.07, 6.45) is 0. The van der Waals surface area contributed by atoms with Crippen LogP contribution in [-0.4, -0.2) is 29.7 Å². The van der Waals surface area contributed by atoms with Gasteiger partial charge in [0, 0.05) is 7.05 Å². The average molecular weight is 370 g/mol. The highest BCUT2D eigenvalue weighted by Gasteiger charge is 2.11. The van der Waals surface area contributed by atoms with Crippen LogP contribution in [0.2, 0.25) is 0 Å². The molecule has 3 aromatic rings. The summed E-state index contributed by atoms with van der Waals surface area (Å²) in [5, 5.41) is 0. The van der Waals surface area contributed by atoms with Crippen LogP contribution in [0.1, 0.15) is 17.3 Å². The van der Waals surface area contributed by atoms with E-state index in [9.17, 15) is 9.59 Å². The molecule has 0 unspecified atom stereocenters. The Morgan fingerprint density at radius 2 is 1.92 bits per heavy atom. The van der Waals surface area contributed by atoms with E-state index in [0.717, 1.165) is 10.2 Å². The van der Waals surface area contributed by atoms with Gasteiger partial charge in [-0.1, -0.05) is 29.5 Å². The topological polar surface area (TPSA) is 69.9 Å². The van der Waals surface area contributed by atoms with E-state index in [2.05, 4.69) is 4.99 Å². The van der Waals surface area contributed by atoms with Crippen LogP contribution in [0.15, 0.2) is 53.5 Å². The first-order valence-electron chi connectivity index (χ1n) is 8.10. The van der Waals surface area contributed by atoms with Gasteiger partial charge in [0.1, 0.15) is 5.75 Å². The Kier molecular flexibility index (Phi) is 5.48. The lowest BCUT2D eigenvalue weighted by Gasteiger charge is -2.02. The van der Waals surface area contributed by atoms with Crippen molar-refractivity contribution in [2.75, 3.05) is 13.2 Å². The summed E-state index contributed by atoms with van der Waals surface area (Å²) in [7, 11) is 1.83. The van der Waals surface area contributed by atoms with Crippen molar-refractivity contribution in [1.82, 2.24) is 4.57 Å². The maximum absolute atomic E-state index is 12.1. The molecule has 2 aromatic carbocycles. The molecule has 0 aliphatic carbocycles. The first kappa shape index (κ1) is 17.9. The van der Waals surface area contributed by atoms with Crippen LogP contribution >= 0.6 is 11.3 Å². The molecule has 1 amide bonds. The van der Waals surface area contributed by atoms with Gasteiger partial charge in [-0.2, -0.15) is 4.99 Å². The number of para-hydroxylation sites is 1. The van der Waals surface area contributed by atoms with Crippen molar-refractivity contribution in [3.63, 3.8) is 0 Å². The molecule has 0 spiro atoms. The molecule has 6 nitrogen and oxygen atoms in total. The van der Waals surface area contributed by atoms with Crippen LogP contribution in [0.5, 0.6) is 5.75 Å². The number of fused-ring (bicyclic) bond motifs is 1. The fourth-order valence-electron chi connectivity index (χ4n) is 2.38. The quantitative estimate of drug-likeness (QED) is 0.648. The van der Waals surface area contributed by atoms with Crippen molar-refractivity contribution >= 4 is 33.4 Å². The number of aromatic nitrogens is 1. The number of benzene rings is 2. The van der Waals surface area contributed by atoms with E-state index in [1.54, 1.807) is 31.2 Å². The minimum Gasteiger partial charge on any atom is -0.484 e. The van der Waals surface area contributed by atoms with Crippen LogP contribution < -0.4 is 9.54 Å². The van der Waals surface area contributed by atoms with Crippen LogP contribution in [0.25, 0.3) is 10.2 Å². The first-order valence-corrected chi connectivity index (χ1v) is 8.92. The highest BCUT2D eigenvalue weighted by Crippen LogP contribution is 2.19. The van der Waals surface area contributed by atoms with Crippen molar-refractivity contribution < 1.29 is 19.1 Å². The summed E-state index contributed by atoms with van der Waals surface area (Å²) in [4.78, 5) is 28.6. The van der Waals surface area contributed by atoms with E-state index < -0.39 is 0 Å². The Bertz CT molecular complexity index is 1010. The predicted molar refractivity (Wildman–Crippen MR) is 99.3 cm³/mol. The van der Waals surface area contributed by atoms with E-state index in [4.69, 9.17) is 9.47 Å². The molecule has 0 atom stereocenters. The van der Waals surface area contributed by atoms with E-state index in [-0.39, 0.29) is 18.5 Å². The zero-order valence-electron chi connectivity index (χ0n) is 14.5. The van der Waals surface area contributed by atoms with Crippen molar-refractivity contribution in [2.45, 2.75) is 6.92 Å². The molecule has 0 saturated carbocycles. The number of ether oxygens (including phenoxy) is 2. The Morgan fingerprint density at radius 1 is 1.15 bits per heavy atom. The first-order chi connectivity index (χ1) is 12.6. The fraction of sp³-hybridized carbons (Fsp3) is 0.211. The molecule has 26 heavy (non-hydrogen) atoms. The maximum atomic E-state index is 12.1. The molecule has 1 aromatic heterocycles. The van der Waals surface area contributed by atoms with Gasteiger partial charge in [-0.3, -0.25) is 4.79 Å². The molecule has 3 rings (SSSR count). The van der Waals surface area contributed by atoms with Crippen molar-refractivity contribution in [3.05, 3.63) is 58.9 Å². The number of carbonyl (C=O) groups is 2. The number of amides is 1. The Hall–Kier alpha value is -2.93. The van der Waals surface area contributed by atoms with E-state index >= 15 is 0 Å². The number of hydrogen-bond acceptors (Lipinski definition) is 5. The summed E-state index contributed by atoms with van der Waals surface area (Å²) in [6.45, 7) is 1.96. The van der Waals surface area contributed by atoms with Crippen LogP contribution in [0.4, 0.5) is 0 Å². The largest absolute Gasteiger partial charge is 0.484 e. The standard InChI is InChI=1S/C19H18N2O4S/c1-3-24-18(23)13-9-10-15-16(11-13)26-19(21(15)2)20-17(22)12-25-14-7-5-4-6-8-14/h4-11H,3,12H2,1-2H3. The summed E-state index contributed by atoms with van der Waals surface area (Å²) >= 11 is 1.34. The molecule has 0 bridgehead atoms. The third kappa shape index (κ3) is 4.00. The van der Waals surface area contributed by atoms with Crippen LogP contribution in [-0.2, 0) is 16.6 Å². The lowest BCUT2D eigenvalue weighted by molar-refractivity contribution is -0.120. The molecule has 0 N–H and O–H groups in total. The van der Waals surface area contributed by atoms with Gasteiger partial charge in [0.05, 0.1) is 22.4 Å². The molecule has 0 fully saturated rings. The Labute approximate surface area is 154 Å². The molecule has 1 heterocycles. The molecule has 134 valence electrons. The Balaban J connectivity index is 1.82. The summed E-state index contributed by atoms with van der Waals surface area (Å²) in [5.74, 6) is -0.117. The third-order valence-corrected chi connectivity index (χ3v) is 4.74. The lowest BCUT2D eigenvalue weighted by Crippen LogP contribution is -2.17. The van der Waals surface area contributed by atoms with Crippen LogP contribution in [0.3, 0.4) is 0 Å². The van der Waals surface area contributed by atoms with Gasteiger partial charge in [-0.15, -0.1) is 0 Å². The zero-order valence-corrected chi connectivity index (χ0v) is 15.3. The maximum Gasteiger partial charge on any atom is 0.338 e. The number of esters is 1. The number of carbonyl (C=O) groups excluding carboxylic acids is 2. The number of nitrogens with zero attached hydrogens (tertiary/aromatic N) is 2. The monoisotopic (exact) mass is 370 g/mol.